The van der Waals surface area contributed by atoms with Gasteiger partial charge in [0.1, 0.15) is 10.9 Å². The lowest BCUT2D eigenvalue weighted by Gasteiger charge is -2.15. The Morgan fingerprint density at radius 2 is 2.04 bits per heavy atom. The van der Waals surface area contributed by atoms with Crippen LogP contribution in [0.2, 0.25) is 5.15 Å². The number of non-ortho nitro benzene ring substituents is 1. The van der Waals surface area contributed by atoms with Crippen molar-refractivity contribution in [2.24, 2.45) is 0 Å². The number of anilines is 1. The highest BCUT2D eigenvalue weighted by Gasteiger charge is 2.21. The van der Waals surface area contributed by atoms with Gasteiger partial charge < -0.3 is 14.8 Å². The number of ether oxygens (including phenoxy) is 2. The van der Waals surface area contributed by atoms with Crippen molar-refractivity contribution in [2.45, 2.75) is 13.0 Å². The Kier molecular flexibility index (Phi) is 6.07. The third kappa shape index (κ3) is 4.67. The van der Waals surface area contributed by atoms with E-state index in [1.807, 2.05) is 0 Å². The molecule has 0 spiro atoms. The molecule has 9 nitrogen and oxygen atoms in total. The summed E-state index contributed by atoms with van der Waals surface area (Å²) < 4.78 is 10.1. The number of nitro benzene ring substituents is 1. The Balaban J connectivity index is 2.10. The molecule has 1 N–H and O–H groups in total. The quantitative estimate of drug-likeness (QED) is 0.354. The number of hydrogen-bond acceptors (Lipinski definition) is 7. The Morgan fingerprint density at radius 1 is 1.31 bits per heavy atom. The molecule has 2 aromatic rings. The fourth-order valence-electron chi connectivity index (χ4n) is 1.95. The minimum atomic E-state index is -1.17. The van der Waals surface area contributed by atoms with E-state index < -0.39 is 22.9 Å². The number of aromatic nitrogens is 1. The standard InChI is InChI=1S/C16H14ClN3O6/c1-9(26-16(22)10-5-6-18-14(17)7-10)15(21)19-12-8-11(20(23)24)3-4-13(12)25-2/h3-9H,1-2H3,(H,19,21). The number of benzene rings is 1. The van der Waals surface area contributed by atoms with Crippen molar-refractivity contribution in [3.05, 3.63) is 57.4 Å². The molecule has 1 heterocycles. The summed E-state index contributed by atoms with van der Waals surface area (Å²) in [6.07, 6.45) is 0.163. The number of carbonyl (C=O) groups is 2. The molecule has 1 aromatic carbocycles. The Bertz CT molecular complexity index is 858. The Hall–Kier alpha value is -3.20. The van der Waals surface area contributed by atoms with Crippen LogP contribution in [0.25, 0.3) is 0 Å². The summed E-state index contributed by atoms with van der Waals surface area (Å²) in [6.45, 7) is 1.36. The smallest absolute Gasteiger partial charge is 0.339 e. The van der Waals surface area contributed by atoms with E-state index in [2.05, 4.69) is 10.3 Å². The van der Waals surface area contributed by atoms with Gasteiger partial charge in [-0.25, -0.2) is 9.78 Å². The van der Waals surface area contributed by atoms with Crippen molar-refractivity contribution in [3.8, 4) is 5.75 Å². The third-order valence-electron chi connectivity index (χ3n) is 3.27. The van der Waals surface area contributed by atoms with Gasteiger partial charge in [0.2, 0.25) is 0 Å². The molecule has 0 bridgehead atoms. The summed E-state index contributed by atoms with van der Waals surface area (Å²) in [5.74, 6) is -1.22. The third-order valence-corrected chi connectivity index (χ3v) is 3.47. The van der Waals surface area contributed by atoms with E-state index in [0.29, 0.717) is 0 Å². The van der Waals surface area contributed by atoms with Crippen molar-refractivity contribution >= 4 is 34.9 Å². The van der Waals surface area contributed by atoms with E-state index in [9.17, 15) is 19.7 Å². The van der Waals surface area contributed by atoms with Crippen molar-refractivity contribution in [2.75, 3.05) is 12.4 Å². The maximum absolute atomic E-state index is 12.2. The molecule has 0 aliphatic rings. The molecule has 1 aromatic heterocycles. The highest BCUT2D eigenvalue weighted by atomic mass is 35.5. The van der Waals surface area contributed by atoms with Crippen molar-refractivity contribution in [1.82, 2.24) is 4.98 Å². The van der Waals surface area contributed by atoms with Gasteiger partial charge in [-0.3, -0.25) is 14.9 Å². The van der Waals surface area contributed by atoms with Crippen molar-refractivity contribution in [1.29, 1.82) is 0 Å². The average Bonchev–Trinajstić information content (AvgIpc) is 2.61. The van der Waals surface area contributed by atoms with Crippen LogP contribution in [0.5, 0.6) is 5.75 Å². The van der Waals surface area contributed by atoms with Gasteiger partial charge in [0.15, 0.2) is 6.10 Å². The lowest BCUT2D eigenvalue weighted by atomic mass is 10.2. The fourth-order valence-corrected chi connectivity index (χ4v) is 2.13. The van der Waals surface area contributed by atoms with Gasteiger partial charge in [-0.15, -0.1) is 0 Å². The van der Waals surface area contributed by atoms with Gasteiger partial charge in [-0.2, -0.15) is 0 Å². The first-order chi connectivity index (χ1) is 12.3. The van der Waals surface area contributed by atoms with Crippen LogP contribution in [-0.4, -0.2) is 35.0 Å². The molecule has 0 radical (unpaired) electrons. The van der Waals surface area contributed by atoms with Crippen LogP contribution >= 0.6 is 11.6 Å². The number of pyridine rings is 1. The summed E-state index contributed by atoms with van der Waals surface area (Å²) in [5, 5.41) is 13.4. The van der Waals surface area contributed by atoms with Crippen LogP contribution in [0.4, 0.5) is 11.4 Å². The molecule has 1 atom stereocenters. The van der Waals surface area contributed by atoms with Crippen LogP contribution in [0.1, 0.15) is 17.3 Å². The molecule has 0 saturated heterocycles. The monoisotopic (exact) mass is 379 g/mol. The number of methoxy groups -OCH3 is 1. The minimum absolute atomic E-state index is 0.0848. The summed E-state index contributed by atoms with van der Waals surface area (Å²) in [4.78, 5) is 38.3. The lowest BCUT2D eigenvalue weighted by molar-refractivity contribution is -0.384. The van der Waals surface area contributed by atoms with Crippen molar-refractivity contribution < 1.29 is 24.0 Å². The number of rotatable bonds is 6. The highest BCUT2D eigenvalue weighted by molar-refractivity contribution is 6.29. The first kappa shape index (κ1) is 19.1. The number of hydrogen-bond donors (Lipinski definition) is 1. The minimum Gasteiger partial charge on any atom is -0.495 e. The molecule has 2 rings (SSSR count). The molecule has 0 fully saturated rings. The van der Waals surface area contributed by atoms with Crippen molar-refractivity contribution in [3.63, 3.8) is 0 Å². The highest BCUT2D eigenvalue weighted by Crippen LogP contribution is 2.29. The van der Waals surface area contributed by atoms with Gasteiger partial charge >= 0.3 is 5.97 Å². The molecular formula is C16H14ClN3O6. The number of nitro groups is 1. The van der Waals surface area contributed by atoms with Crippen LogP contribution < -0.4 is 10.1 Å². The SMILES string of the molecule is COc1ccc([N+](=O)[O-])cc1NC(=O)C(C)OC(=O)c1ccnc(Cl)c1. The molecule has 10 heteroatoms. The van der Waals surface area contributed by atoms with Crippen LogP contribution in [0, 0.1) is 10.1 Å². The largest absolute Gasteiger partial charge is 0.495 e. The van der Waals surface area contributed by atoms with Crippen LogP contribution in [0.15, 0.2) is 36.5 Å². The number of carbonyl (C=O) groups excluding carboxylic acids is 2. The Labute approximate surface area is 153 Å². The Morgan fingerprint density at radius 3 is 2.65 bits per heavy atom. The summed E-state index contributed by atoms with van der Waals surface area (Å²) in [5.41, 5.74) is -0.00342. The zero-order chi connectivity index (χ0) is 19.3. The molecule has 136 valence electrons. The summed E-state index contributed by atoms with van der Waals surface area (Å²) in [7, 11) is 1.35. The molecular weight excluding hydrogens is 366 g/mol. The number of esters is 1. The molecule has 0 aliphatic carbocycles. The number of nitrogens with zero attached hydrogens (tertiary/aromatic N) is 2. The van der Waals surface area contributed by atoms with Gasteiger partial charge in [0.25, 0.3) is 11.6 Å². The summed E-state index contributed by atoms with van der Waals surface area (Å²) in [6, 6.07) is 6.43. The number of nitrogens with one attached hydrogen (secondary N) is 1. The lowest BCUT2D eigenvalue weighted by Crippen LogP contribution is -2.30. The van der Waals surface area contributed by atoms with E-state index in [-0.39, 0.29) is 27.8 Å². The topological polar surface area (TPSA) is 121 Å². The van der Waals surface area contributed by atoms with E-state index in [1.165, 1.54) is 44.5 Å². The average molecular weight is 380 g/mol. The molecule has 0 saturated carbocycles. The first-order valence-corrected chi connectivity index (χ1v) is 7.65. The fraction of sp³-hybridized carbons (Fsp3) is 0.188. The molecule has 1 unspecified atom stereocenters. The molecule has 0 aliphatic heterocycles. The number of halogens is 1. The van der Waals surface area contributed by atoms with Gasteiger partial charge in [-0.1, -0.05) is 11.6 Å². The van der Waals surface area contributed by atoms with E-state index in [4.69, 9.17) is 21.1 Å². The zero-order valence-corrected chi connectivity index (χ0v) is 14.5. The molecule has 1 amide bonds. The first-order valence-electron chi connectivity index (χ1n) is 7.27. The maximum Gasteiger partial charge on any atom is 0.339 e. The predicted molar refractivity (Wildman–Crippen MR) is 92.4 cm³/mol. The van der Waals surface area contributed by atoms with Crippen LogP contribution in [-0.2, 0) is 9.53 Å². The van der Waals surface area contributed by atoms with E-state index >= 15 is 0 Å². The van der Waals surface area contributed by atoms with Crippen LogP contribution in [0.3, 0.4) is 0 Å². The van der Waals surface area contributed by atoms with Gasteiger partial charge in [0, 0.05) is 18.3 Å². The normalized spacial score (nSPS) is 11.3. The summed E-state index contributed by atoms with van der Waals surface area (Å²) >= 11 is 5.70. The number of amides is 1. The van der Waals surface area contributed by atoms with E-state index in [0.717, 1.165) is 6.07 Å². The zero-order valence-electron chi connectivity index (χ0n) is 13.8. The molecule has 26 heavy (non-hydrogen) atoms. The van der Waals surface area contributed by atoms with E-state index in [1.54, 1.807) is 0 Å². The maximum atomic E-state index is 12.2. The predicted octanol–water partition coefficient (Wildman–Crippen LogP) is 2.84. The second kappa shape index (κ2) is 8.26. The van der Waals surface area contributed by atoms with Gasteiger partial charge in [0.05, 0.1) is 23.3 Å². The van der Waals surface area contributed by atoms with Gasteiger partial charge in [-0.05, 0) is 25.1 Å². The second-order valence-corrected chi connectivity index (χ2v) is 5.43. The second-order valence-electron chi connectivity index (χ2n) is 5.05.